The minimum Gasteiger partial charge on any atom is -0.380 e. The summed E-state index contributed by atoms with van der Waals surface area (Å²) in [5, 5.41) is 0. The molecule has 0 bridgehead atoms. The summed E-state index contributed by atoms with van der Waals surface area (Å²) in [4.78, 5) is 0. The molecule has 0 amide bonds. The molecule has 0 aliphatic rings. The predicted octanol–water partition coefficient (Wildman–Crippen LogP) is 3.75. The highest BCUT2D eigenvalue weighted by molar-refractivity contribution is 4.86. The van der Waals surface area contributed by atoms with Gasteiger partial charge >= 0.3 is 0 Å². The molecule has 0 radical (unpaired) electrons. The highest BCUT2D eigenvalue weighted by Gasteiger charge is 2.38. The number of hydrogen-bond donors (Lipinski definition) is 12. The van der Waals surface area contributed by atoms with Crippen LogP contribution >= 0.6 is 0 Å². The zero-order chi connectivity index (χ0) is 76.0. The van der Waals surface area contributed by atoms with E-state index in [0.717, 1.165) is 38.5 Å². The molecule has 0 aromatic carbocycles. The van der Waals surface area contributed by atoms with Gasteiger partial charge in [0.25, 0.3) is 0 Å². The lowest BCUT2D eigenvalue weighted by Crippen LogP contribution is -2.43. The van der Waals surface area contributed by atoms with Gasteiger partial charge < -0.3 is 140 Å². The highest BCUT2D eigenvalue weighted by Crippen LogP contribution is 2.32. The number of ether oxygens (including phenoxy) is 15. The van der Waals surface area contributed by atoms with Gasteiger partial charge in [-0.25, -0.2) is 0 Å². The fourth-order valence-electron chi connectivity index (χ4n) is 9.58. The van der Waals surface area contributed by atoms with Crippen LogP contribution in [0.3, 0.4) is 0 Å². The lowest BCUT2D eigenvalue weighted by atomic mass is 9.86. The van der Waals surface area contributed by atoms with Gasteiger partial charge in [-0.1, -0.05) is 41.5 Å². The molecule has 0 spiro atoms. The predicted molar refractivity (Wildman–Crippen MR) is 402 cm³/mol. The average Bonchev–Trinajstić information content (AvgIpc) is 0.876. The van der Waals surface area contributed by atoms with Crippen molar-refractivity contribution >= 4 is 0 Å². The molecule has 27 nitrogen and oxygen atoms in total. The van der Waals surface area contributed by atoms with E-state index < -0.39 is 0 Å². The van der Waals surface area contributed by atoms with Gasteiger partial charge in [-0.15, -0.1) is 0 Å². The van der Waals surface area contributed by atoms with Crippen LogP contribution in [0.15, 0.2) is 0 Å². The van der Waals surface area contributed by atoms with Crippen molar-refractivity contribution in [2.75, 3.05) is 198 Å². The lowest BCUT2D eigenvalue weighted by molar-refractivity contribution is -0.113. The fourth-order valence-corrected chi connectivity index (χ4v) is 9.58. The van der Waals surface area contributed by atoms with E-state index in [9.17, 15) is 0 Å². The molecule has 24 N–H and O–H groups in total. The van der Waals surface area contributed by atoms with Crippen molar-refractivity contribution in [3.8, 4) is 0 Å². The summed E-state index contributed by atoms with van der Waals surface area (Å²) in [5.74, 6) is 0. The van der Waals surface area contributed by atoms with Crippen LogP contribution in [0.1, 0.15) is 163 Å². The summed E-state index contributed by atoms with van der Waals surface area (Å²) in [6.45, 7) is 50.8. The normalized spacial score (nSPS) is 19.5. The Morgan fingerprint density at radius 1 is 0.152 bits per heavy atom. The molecule has 0 aromatic heterocycles. The molecule has 0 rings (SSSR count). The SMILES string of the molecule is CCC(COCC(C)N)(COCC(C)N)COCC(CC)(COCC(C)N)COCC(C)N.CCC(COCC(C)N)(COCC(C)N)COCC(CC)(COCC(C)N)COCC(C)N.CCC(COCC(C)N)(COCC(C)N)COCC(CC)(COCC(C)N)COCC(C)N. The van der Waals surface area contributed by atoms with Crippen LogP contribution in [0.25, 0.3) is 0 Å². The van der Waals surface area contributed by atoms with Gasteiger partial charge in [0.15, 0.2) is 0 Å². The second-order valence-electron chi connectivity index (χ2n) is 30.5. The van der Waals surface area contributed by atoms with Crippen molar-refractivity contribution in [3.05, 3.63) is 0 Å². The minimum absolute atomic E-state index is 0.0256. The standard InChI is InChI=1S/3C24H54N4O5/c3*1-7-23(13-29-9-19(3)25,14-30-10-20(4)26)17-33-18-24(8-2,15-31-11-21(5)27)16-32-12-22(6)28/h3*19-22H,7-18,25-28H2,1-6H3. The first-order chi connectivity index (χ1) is 46.5. The van der Waals surface area contributed by atoms with E-state index in [1.54, 1.807) is 0 Å². The Kier molecular flexibility index (Phi) is 61.9. The lowest BCUT2D eigenvalue weighted by Gasteiger charge is -2.36. The van der Waals surface area contributed by atoms with Crippen molar-refractivity contribution in [2.45, 2.75) is 236 Å². The van der Waals surface area contributed by atoms with Crippen molar-refractivity contribution in [2.24, 2.45) is 101 Å². The van der Waals surface area contributed by atoms with Crippen molar-refractivity contribution in [1.29, 1.82) is 0 Å². The van der Waals surface area contributed by atoms with Crippen LogP contribution < -0.4 is 68.8 Å². The Bertz CT molecular complexity index is 1380. The molecular weight excluding hydrogens is 1270 g/mol. The first-order valence-corrected chi connectivity index (χ1v) is 37.2. The molecule has 0 aliphatic carbocycles. The molecule has 0 saturated carbocycles. The smallest absolute Gasteiger partial charge is 0.0615 e. The molecule has 0 aliphatic heterocycles. The first kappa shape index (κ1) is 102. The molecular formula is C72H162N12O15. The molecule has 0 heterocycles. The molecule has 0 fully saturated rings. The summed E-state index contributed by atoms with van der Waals surface area (Å²) in [5.41, 5.74) is 68.6. The molecule has 99 heavy (non-hydrogen) atoms. The van der Waals surface area contributed by atoms with E-state index in [2.05, 4.69) is 41.5 Å². The molecule has 0 aromatic rings. The third-order valence-corrected chi connectivity index (χ3v) is 16.4. The molecule has 0 saturated heterocycles. The van der Waals surface area contributed by atoms with E-state index in [-0.39, 0.29) is 105 Å². The van der Waals surface area contributed by atoms with Crippen molar-refractivity contribution in [3.63, 3.8) is 0 Å². The number of nitrogens with two attached hydrogens (primary N) is 12. The summed E-state index contributed by atoms with van der Waals surface area (Å²) in [6, 6.07) is -0.307. The van der Waals surface area contributed by atoms with Gasteiger partial charge in [0.2, 0.25) is 0 Å². The summed E-state index contributed by atoms with van der Waals surface area (Å²) < 4.78 is 89.9. The monoisotopic (exact) mass is 1440 g/mol. The van der Waals surface area contributed by atoms with Gasteiger partial charge in [-0.05, 0) is 122 Å². The van der Waals surface area contributed by atoms with Gasteiger partial charge in [0.1, 0.15) is 0 Å². The molecule has 12 unspecified atom stereocenters. The largest absolute Gasteiger partial charge is 0.380 e. The Morgan fingerprint density at radius 3 is 0.283 bits per heavy atom. The summed E-state index contributed by atoms with van der Waals surface area (Å²) in [6.07, 6.45) is 5.04. The van der Waals surface area contributed by atoms with Gasteiger partial charge in [-0.3, -0.25) is 0 Å². The van der Waals surface area contributed by atoms with E-state index in [1.807, 2.05) is 83.1 Å². The fraction of sp³-hybridized carbons (Fsp3) is 1.00. The van der Waals surface area contributed by atoms with E-state index in [4.69, 9.17) is 140 Å². The first-order valence-electron chi connectivity index (χ1n) is 37.2. The topological polar surface area (TPSA) is 451 Å². The van der Waals surface area contributed by atoms with E-state index in [0.29, 0.717) is 198 Å². The maximum atomic E-state index is 6.33. The Balaban J connectivity index is -0.00000140. The Morgan fingerprint density at radius 2 is 0.222 bits per heavy atom. The molecule has 12 atom stereocenters. The number of rotatable bonds is 66. The third-order valence-electron chi connectivity index (χ3n) is 16.4. The Hall–Kier alpha value is -1.08. The second kappa shape index (κ2) is 60.0. The summed E-state index contributed by atoms with van der Waals surface area (Å²) >= 11 is 0. The van der Waals surface area contributed by atoms with Crippen molar-refractivity contribution in [1.82, 2.24) is 0 Å². The minimum atomic E-state index is -0.289. The molecule has 600 valence electrons. The Labute approximate surface area is 603 Å². The van der Waals surface area contributed by atoms with E-state index >= 15 is 0 Å². The number of hydrogen-bond acceptors (Lipinski definition) is 27. The zero-order valence-electron chi connectivity index (χ0n) is 66.4. The highest BCUT2D eigenvalue weighted by atomic mass is 16.5. The van der Waals surface area contributed by atoms with Crippen LogP contribution in [0.4, 0.5) is 0 Å². The average molecular weight is 1440 g/mol. The van der Waals surface area contributed by atoms with Crippen LogP contribution in [0.5, 0.6) is 0 Å². The quantitative estimate of drug-likeness (QED) is 0.0412. The molecule has 27 heteroatoms. The maximum absolute atomic E-state index is 6.33. The zero-order valence-corrected chi connectivity index (χ0v) is 66.4. The van der Waals surface area contributed by atoms with Gasteiger partial charge in [0, 0.05) is 105 Å². The summed E-state index contributed by atoms with van der Waals surface area (Å²) in [7, 11) is 0. The van der Waals surface area contributed by atoms with Crippen LogP contribution in [-0.4, -0.2) is 271 Å². The van der Waals surface area contributed by atoms with Crippen LogP contribution in [-0.2, 0) is 71.1 Å². The van der Waals surface area contributed by atoms with E-state index in [1.165, 1.54) is 0 Å². The van der Waals surface area contributed by atoms with Crippen LogP contribution in [0.2, 0.25) is 0 Å². The van der Waals surface area contributed by atoms with Gasteiger partial charge in [0.05, 0.1) is 198 Å². The third kappa shape index (κ3) is 56.0. The van der Waals surface area contributed by atoms with Gasteiger partial charge in [-0.2, -0.15) is 0 Å². The van der Waals surface area contributed by atoms with Crippen LogP contribution in [0, 0.1) is 32.5 Å². The second-order valence-corrected chi connectivity index (χ2v) is 30.5. The maximum Gasteiger partial charge on any atom is 0.0615 e. The van der Waals surface area contributed by atoms with Crippen molar-refractivity contribution < 1.29 is 71.1 Å².